The molecule has 1 aliphatic rings. The summed E-state index contributed by atoms with van der Waals surface area (Å²) in [5, 5.41) is 0. The molecule has 0 aromatic carbocycles. The van der Waals surface area contributed by atoms with Gasteiger partial charge in [-0.1, -0.05) is 0 Å². The lowest BCUT2D eigenvalue weighted by molar-refractivity contribution is 0.122. The molecule has 0 aliphatic carbocycles. The van der Waals surface area contributed by atoms with Gasteiger partial charge in [0.25, 0.3) is 0 Å². The van der Waals surface area contributed by atoms with Gasteiger partial charge in [-0.15, -0.1) is 0 Å². The fourth-order valence-corrected chi connectivity index (χ4v) is 3.19. The topological polar surface area (TPSA) is 72.2 Å². The van der Waals surface area contributed by atoms with E-state index < -0.39 is 0 Å². The molecule has 0 bridgehead atoms. The van der Waals surface area contributed by atoms with E-state index in [1.807, 2.05) is 23.6 Å². The maximum Gasteiger partial charge on any atom is 0.165 e. The first-order valence-corrected chi connectivity index (χ1v) is 8.90. The van der Waals surface area contributed by atoms with Crippen LogP contribution in [0.1, 0.15) is 11.5 Å². The number of aromatic nitrogens is 5. The van der Waals surface area contributed by atoms with E-state index in [1.54, 1.807) is 18.6 Å². The molecule has 1 aliphatic heterocycles. The number of hydrogen-bond acceptors (Lipinski definition) is 7. The van der Waals surface area contributed by atoms with E-state index in [0.29, 0.717) is 37.8 Å². The molecule has 0 saturated carbocycles. The molecule has 9 heteroatoms. The van der Waals surface area contributed by atoms with Crippen molar-refractivity contribution < 1.29 is 9.13 Å². The molecule has 0 atom stereocenters. The number of fused-ring (bicyclic) bond motifs is 1. The Hall–Kier alpha value is -2.65. The maximum absolute atomic E-state index is 13.9. The van der Waals surface area contributed by atoms with Gasteiger partial charge in [0.05, 0.1) is 31.8 Å². The van der Waals surface area contributed by atoms with Crippen LogP contribution in [0.4, 0.5) is 10.2 Å². The summed E-state index contributed by atoms with van der Waals surface area (Å²) in [5.41, 5.74) is 2.00. The minimum absolute atomic E-state index is 0.304. The van der Waals surface area contributed by atoms with Crippen molar-refractivity contribution in [3.05, 3.63) is 42.0 Å². The van der Waals surface area contributed by atoms with Crippen LogP contribution in [0.15, 0.2) is 24.7 Å². The van der Waals surface area contributed by atoms with Crippen LogP contribution in [0.2, 0.25) is 0 Å². The van der Waals surface area contributed by atoms with Crippen molar-refractivity contribution in [2.75, 3.05) is 38.3 Å². The largest absolute Gasteiger partial charge is 0.378 e. The summed E-state index contributed by atoms with van der Waals surface area (Å²) in [6.07, 6.45) is 3.35. The molecule has 1 saturated heterocycles. The van der Waals surface area contributed by atoms with Crippen molar-refractivity contribution in [1.82, 2.24) is 29.4 Å². The molecule has 0 radical (unpaired) electrons. The number of imidazole rings is 1. The monoisotopic (exact) mass is 371 g/mol. The molecule has 27 heavy (non-hydrogen) atoms. The van der Waals surface area contributed by atoms with E-state index in [1.165, 1.54) is 6.07 Å². The van der Waals surface area contributed by atoms with Crippen molar-refractivity contribution in [1.29, 1.82) is 0 Å². The van der Waals surface area contributed by atoms with Crippen LogP contribution in [0.5, 0.6) is 0 Å². The Bertz CT molecular complexity index is 939. The highest BCUT2D eigenvalue weighted by Gasteiger charge is 2.20. The second kappa shape index (κ2) is 7.53. The van der Waals surface area contributed by atoms with E-state index in [-0.39, 0.29) is 5.82 Å². The number of halogens is 1. The van der Waals surface area contributed by atoms with E-state index in [9.17, 15) is 4.39 Å². The lowest BCUT2D eigenvalue weighted by Crippen LogP contribution is -2.37. The molecule has 0 spiro atoms. The first-order chi connectivity index (χ1) is 13.1. The van der Waals surface area contributed by atoms with Crippen LogP contribution in [-0.2, 0) is 24.9 Å². The van der Waals surface area contributed by atoms with E-state index >= 15 is 0 Å². The van der Waals surface area contributed by atoms with Crippen LogP contribution < -0.4 is 4.90 Å². The first kappa shape index (κ1) is 17.7. The van der Waals surface area contributed by atoms with Crippen molar-refractivity contribution >= 4 is 17.0 Å². The highest BCUT2D eigenvalue weighted by Crippen LogP contribution is 2.23. The van der Waals surface area contributed by atoms with Gasteiger partial charge in [0.1, 0.15) is 11.6 Å². The number of nitrogens with zero attached hydrogens (tertiary/aromatic N) is 7. The summed E-state index contributed by atoms with van der Waals surface area (Å²) >= 11 is 0. The fourth-order valence-electron chi connectivity index (χ4n) is 3.19. The zero-order chi connectivity index (χ0) is 18.8. The van der Waals surface area contributed by atoms with Crippen LogP contribution >= 0.6 is 0 Å². The Morgan fingerprint density at radius 3 is 2.78 bits per heavy atom. The molecular formula is C18H22FN7O. The number of anilines is 1. The predicted octanol–water partition coefficient (Wildman–Crippen LogP) is 1.37. The maximum atomic E-state index is 13.9. The fraction of sp³-hybridized carbons (Fsp3) is 0.444. The van der Waals surface area contributed by atoms with Gasteiger partial charge in [0.2, 0.25) is 0 Å². The predicted molar refractivity (Wildman–Crippen MR) is 98.7 cm³/mol. The van der Waals surface area contributed by atoms with Gasteiger partial charge >= 0.3 is 0 Å². The molecule has 0 unspecified atom stereocenters. The second-order valence-corrected chi connectivity index (χ2v) is 6.69. The van der Waals surface area contributed by atoms with Crippen LogP contribution in [0, 0.1) is 5.82 Å². The number of morpholine rings is 1. The molecule has 3 aromatic heterocycles. The molecule has 4 heterocycles. The molecule has 142 valence electrons. The lowest BCUT2D eigenvalue weighted by atomic mass is 10.3. The number of rotatable bonds is 5. The summed E-state index contributed by atoms with van der Waals surface area (Å²) in [6, 6.07) is 3.01. The molecule has 0 N–H and O–H groups in total. The van der Waals surface area contributed by atoms with Crippen molar-refractivity contribution in [2.45, 2.75) is 13.1 Å². The average molecular weight is 371 g/mol. The number of ether oxygens (including phenoxy) is 1. The third-order valence-corrected chi connectivity index (χ3v) is 4.56. The molecule has 1 fully saturated rings. The summed E-state index contributed by atoms with van der Waals surface area (Å²) in [4.78, 5) is 22.2. The van der Waals surface area contributed by atoms with Crippen LogP contribution in [0.25, 0.3) is 11.2 Å². The van der Waals surface area contributed by atoms with Crippen LogP contribution in [-0.4, -0.2) is 62.8 Å². The van der Waals surface area contributed by atoms with Gasteiger partial charge < -0.3 is 14.2 Å². The summed E-state index contributed by atoms with van der Waals surface area (Å²) < 4.78 is 21.2. The van der Waals surface area contributed by atoms with Crippen molar-refractivity contribution in [2.24, 2.45) is 7.05 Å². The smallest absolute Gasteiger partial charge is 0.165 e. The number of aryl methyl sites for hydroxylation is 1. The lowest BCUT2D eigenvalue weighted by Gasteiger charge is -2.28. The van der Waals surface area contributed by atoms with Gasteiger partial charge in [-0.25, -0.2) is 19.3 Å². The average Bonchev–Trinajstić information content (AvgIpc) is 3.05. The minimum atomic E-state index is -0.304. The zero-order valence-corrected chi connectivity index (χ0v) is 15.5. The summed E-state index contributed by atoms with van der Waals surface area (Å²) in [6.45, 7) is 3.76. The Morgan fingerprint density at radius 1 is 1.19 bits per heavy atom. The second-order valence-electron chi connectivity index (χ2n) is 6.69. The Kier molecular flexibility index (Phi) is 4.95. The molecule has 8 nitrogen and oxygen atoms in total. The highest BCUT2D eigenvalue weighted by molar-refractivity contribution is 5.83. The molecule has 4 rings (SSSR count). The summed E-state index contributed by atoms with van der Waals surface area (Å²) in [5.74, 6) is 1.20. The van der Waals surface area contributed by atoms with Crippen molar-refractivity contribution in [3.63, 3.8) is 0 Å². The molecule has 3 aromatic rings. The van der Waals surface area contributed by atoms with E-state index in [0.717, 1.165) is 30.1 Å². The minimum Gasteiger partial charge on any atom is -0.378 e. The number of pyridine rings is 1. The Labute approximate surface area is 156 Å². The van der Waals surface area contributed by atoms with E-state index in [2.05, 4.69) is 19.9 Å². The number of hydrogen-bond donors (Lipinski definition) is 0. The van der Waals surface area contributed by atoms with Gasteiger partial charge in [-0.2, -0.15) is 0 Å². The molecular weight excluding hydrogens is 349 g/mol. The van der Waals surface area contributed by atoms with Gasteiger partial charge in [0, 0.05) is 32.9 Å². The Balaban J connectivity index is 1.61. The van der Waals surface area contributed by atoms with E-state index in [4.69, 9.17) is 9.72 Å². The standard InChI is InChI=1S/C18H22FN7O/c1-24(10-14-13(19)4-3-5-20-14)11-15-22-17-16(21-12-25(17)2)18(23-15)26-6-8-27-9-7-26/h3-5,12H,6-11H2,1-2H3. The quantitative estimate of drug-likeness (QED) is 0.671. The third kappa shape index (κ3) is 3.74. The Morgan fingerprint density at radius 2 is 2.00 bits per heavy atom. The van der Waals surface area contributed by atoms with Gasteiger partial charge in [-0.3, -0.25) is 9.88 Å². The summed E-state index contributed by atoms with van der Waals surface area (Å²) in [7, 11) is 3.82. The first-order valence-electron chi connectivity index (χ1n) is 8.90. The normalized spacial score (nSPS) is 15.0. The third-order valence-electron chi connectivity index (χ3n) is 4.56. The molecule has 0 amide bonds. The van der Waals surface area contributed by atoms with Crippen LogP contribution in [0.3, 0.4) is 0 Å². The SMILES string of the molecule is CN(Cc1nc(N2CCOCC2)c2ncn(C)c2n1)Cc1ncccc1F. The van der Waals surface area contributed by atoms with Gasteiger partial charge in [0.15, 0.2) is 17.0 Å². The van der Waals surface area contributed by atoms with Crippen molar-refractivity contribution in [3.8, 4) is 0 Å². The highest BCUT2D eigenvalue weighted by atomic mass is 19.1. The zero-order valence-electron chi connectivity index (χ0n) is 15.5. The van der Waals surface area contributed by atoms with Gasteiger partial charge in [-0.05, 0) is 19.2 Å².